The molecule has 0 bridgehead atoms. The van der Waals surface area contributed by atoms with Crippen LogP contribution in [-0.4, -0.2) is 53.9 Å². The first-order chi connectivity index (χ1) is 10.2. The Bertz CT molecular complexity index is 526. The Morgan fingerprint density at radius 3 is 2.36 bits per heavy atom. The minimum atomic E-state index is -4.43. The van der Waals surface area contributed by atoms with Crippen molar-refractivity contribution >= 4 is 11.7 Å². The summed E-state index contributed by atoms with van der Waals surface area (Å²) in [6.45, 7) is 0.392. The van der Waals surface area contributed by atoms with E-state index in [1.54, 1.807) is 32.0 Å². The highest BCUT2D eigenvalue weighted by Gasteiger charge is 2.41. The molecular weight excluding hydrogens is 297 g/mol. The summed E-state index contributed by atoms with van der Waals surface area (Å²) >= 11 is 0. The molecule has 8 heteroatoms. The SMILES string of the molecule is CC(C1CC1)N(CC(F)(F)F)C(=O)c1ccc(N(C)C)nn1. The van der Waals surface area contributed by atoms with Gasteiger partial charge < -0.3 is 9.80 Å². The molecule has 1 saturated carbocycles. The monoisotopic (exact) mass is 316 g/mol. The van der Waals surface area contributed by atoms with Crippen LogP contribution < -0.4 is 4.90 Å². The zero-order valence-corrected chi connectivity index (χ0v) is 12.8. The lowest BCUT2D eigenvalue weighted by Crippen LogP contribution is -2.45. The van der Waals surface area contributed by atoms with Crippen molar-refractivity contribution in [3.8, 4) is 0 Å². The number of carbonyl (C=O) groups is 1. The number of rotatable bonds is 5. The van der Waals surface area contributed by atoms with Gasteiger partial charge in [0.2, 0.25) is 0 Å². The highest BCUT2D eigenvalue weighted by molar-refractivity contribution is 5.92. The molecule has 1 fully saturated rings. The van der Waals surface area contributed by atoms with Gasteiger partial charge in [0.1, 0.15) is 6.54 Å². The second kappa shape index (κ2) is 6.10. The van der Waals surface area contributed by atoms with Crippen molar-refractivity contribution in [2.45, 2.75) is 32.0 Å². The lowest BCUT2D eigenvalue weighted by molar-refractivity contribution is -0.144. The van der Waals surface area contributed by atoms with Crippen LogP contribution in [0.25, 0.3) is 0 Å². The van der Waals surface area contributed by atoms with Crippen LogP contribution in [-0.2, 0) is 0 Å². The molecule has 1 heterocycles. The molecule has 1 atom stereocenters. The van der Waals surface area contributed by atoms with Crippen molar-refractivity contribution < 1.29 is 18.0 Å². The topological polar surface area (TPSA) is 49.3 Å². The standard InChI is InChI=1S/C14H19F3N4O/c1-9(10-4-5-10)21(8-14(15,16)17)13(22)11-6-7-12(19-18-11)20(2)3/h6-7,9-10H,4-5,8H2,1-3H3. The molecule has 0 spiro atoms. The van der Waals surface area contributed by atoms with Crippen LogP contribution in [0.15, 0.2) is 12.1 Å². The van der Waals surface area contributed by atoms with Crippen molar-refractivity contribution in [1.82, 2.24) is 15.1 Å². The largest absolute Gasteiger partial charge is 0.406 e. The third-order valence-electron chi connectivity index (χ3n) is 3.73. The Hall–Kier alpha value is -1.86. The van der Waals surface area contributed by atoms with E-state index in [9.17, 15) is 18.0 Å². The van der Waals surface area contributed by atoms with Crippen LogP contribution in [0.1, 0.15) is 30.3 Å². The fourth-order valence-electron chi connectivity index (χ4n) is 2.25. The number of hydrogen-bond donors (Lipinski definition) is 0. The van der Waals surface area contributed by atoms with E-state index in [1.165, 1.54) is 6.07 Å². The number of amides is 1. The van der Waals surface area contributed by atoms with E-state index in [-0.39, 0.29) is 11.6 Å². The number of nitrogens with zero attached hydrogens (tertiary/aromatic N) is 4. The molecule has 0 aliphatic heterocycles. The fourth-order valence-corrected chi connectivity index (χ4v) is 2.25. The molecule has 2 rings (SSSR count). The van der Waals surface area contributed by atoms with Gasteiger partial charge in [-0.3, -0.25) is 4.79 Å². The van der Waals surface area contributed by atoms with E-state index in [0.717, 1.165) is 17.7 Å². The maximum Gasteiger partial charge on any atom is 0.406 e. The molecule has 22 heavy (non-hydrogen) atoms. The lowest BCUT2D eigenvalue weighted by atomic mass is 10.1. The van der Waals surface area contributed by atoms with E-state index in [0.29, 0.717) is 5.82 Å². The summed E-state index contributed by atoms with van der Waals surface area (Å²) in [5, 5.41) is 7.61. The number of halogens is 3. The molecule has 1 aromatic heterocycles. The minimum absolute atomic E-state index is 0.0673. The number of anilines is 1. The number of alkyl halides is 3. The van der Waals surface area contributed by atoms with Crippen molar-refractivity contribution in [1.29, 1.82) is 0 Å². The van der Waals surface area contributed by atoms with Crippen molar-refractivity contribution in [2.24, 2.45) is 5.92 Å². The van der Waals surface area contributed by atoms with Crippen molar-refractivity contribution in [3.05, 3.63) is 17.8 Å². The lowest BCUT2D eigenvalue weighted by Gasteiger charge is -2.29. The van der Waals surface area contributed by atoms with Gasteiger partial charge in [0.25, 0.3) is 5.91 Å². The van der Waals surface area contributed by atoms with E-state index >= 15 is 0 Å². The predicted octanol–water partition coefficient (Wildman–Crippen LogP) is 2.35. The van der Waals surface area contributed by atoms with Gasteiger partial charge in [-0.15, -0.1) is 10.2 Å². The molecule has 1 aromatic rings. The van der Waals surface area contributed by atoms with Crippen molar-refractivity contribution in [3.63, 3.8) is 0 Å². The first-order valence-corrected chi connectivity index (χ1v) is 7.08. The molecule has 5 nitrogen and oxygen atoms in total. The molecule has 1 aliphatic rings. The van der Waals surface area contributed by atoms with Gasteiger partial charge in [0.15, 0.2) is 11.5 Å². The van der Waals surface area contributed by atoms with Gasteiger partial charge >= 0.3 is 6.18 Å². The zero-order chi connectivity index (χ0) is 16.5. The van der Waals surface area contributed by atoms with Gasteiger partial charge in [-0.2, -0.15) is 13.2 Å². The van der Waals surface area contributed by atoms with E-state index in [4.69, 9.17) is 0 Å². The normalized spacial score (nSPS) is 16.3. The number of aromatic nitrogens is 2. The molecule has 0 aromatic carbocycles. The summed E-state index contributed by atoms with van der Waals surface area (Å²) < 4.78 is 38.3. The van der Waals surface area contributed by atoms with Crippen LogP contribution in [0.3, 0.4) is 0 Å². The second-order valence-corrected chi connectivity index (χ2v) is 5.80. The van der Waals surface area contributed by atoms with Gasteiger partial charge in [0.05, 0.1) is 0 Å². The van der Waals surface area contributed by atoms with Gasteiger partial charge in [0, 0.05) is 20.1 Å². The third kappa shape index (κ3) is 4.08. The van der Waals surface area contributed by atoms with Gasteiger partial charge in [-0.1, -0.05) is 0 Å². The summed E-state index contributed by atoms with van der Waals surface area (Å²) in [6, 6.07) is 2.52. The van der Waals surface area contributed by atoms with Gasteiger partial charge in [-0.05, 0) is 37.8 Å². The summed E-state index contributed by atoms with van der Waals surface area (Å²) in [5.74, 6) is -0.0519. The first-order valence-electron chi connectivity index (χ1n) is 7.08. The molecule has 1 amide bonds. The summed E-state index contributed by atoms with van der Waals surface area (Å²) in [5.41, 5.74) is -0.0673. The van der Waals surface area contributed by atoms with E-state index in [1.807, 2.05) is 0 Å². The van der Waals surface area contributed by atoms with E-state index in [2.05, 4.69) is 10.2 Å². The second-order valence-electron chi connectivity index (χ2n) is 5.80. The Balaban J connectivity index is 2.20. The minimum Gasteiger partial charge on any atom is -0.361 e. The fraction of sp³-hybridized carbons (Fsp3) is 0.643. The Kier molecular flexibility index (Phi) is 4.58. The smallest absolute Gasteiger partial charge is 0.361 e. The summed E-state index contributed by atoms with van der Waals surface area (Å²) in [4.78, 5) is 14.9. The van der Waals surface area contributed by atoms with Crippen LogP contribution in [0.4, 0.5) is 19.0 Å². The molecular formula is C14H19F3N4O. The molecule has 0 saturated heterocycles. The molecule has 0 radical (unpaired) electrons. The Morgan fingerprint density at radius 2 is 1.95 bits per heavy atom. The maximum atomic E-state index is 12.8. The zero-order valence-electron chi connectivity index (χ0n) is 12.8. The van der Waals surface area contributed by atoms with Crippen LogP contribution in [0, 0.1) is 5.92 Å². The third-order valence-corrected chi connectivity index (χ3v) is 3.73. The molecule has 1 aliphatic carbocycles. The van der Waals surface area contributed by atoms with Crippen LogP contribution >= 0.6 is 0 Å². The average Bonchev–Trinajstić information content (AvgIpc) is 3.27. The van der Waals surface area contributed by atoms with E-state index < -0.39 is 24.7 Å². The van der Waals surface area contributed by atoms with Crippen molar-refractivity contribution in [2.75, 3.05) is 25.5 Å². The molecule has 1 unspecified atom stereocenters. The summed E-state index contributed by atoms with van der Waals surface area (Å²) in [7, 11) is 3.52. The summed E-state index contributed by atoms with van der Waals surface area (Å²) in [6.07, 6.45) is -2.72. The molecule has 0 N–H and O–H groups in total. The number of hydrogen-bond acceptors (Lipinski definition) is 4. The Labute approximate surface area is 127 Å². The van der Waals surface area contributed by atoms with Gasteiger partial charge in [-0.25, -0.2) is 0 Å². The van der Waals surface area contributed by atoms with Crippen LogP contribution in [0.2, 0.25) is 0 Å². The molecule has 122 valence electrons. The van der Waals surface area contributed by atoms with Crippen LogP contribution in [0.5, 0.6) is 0 Å². The maximum absolute atomic E-state index is 12.8. The highest BCUT2D eigenvalue weighted by atomic mass is 19.4. The number of carbonyl (C=O) groups excluding carboxylic acids is 1. The first kappa shape index (κ1) is 16.5. The Morgan fingerprint density at radius 1 is 1.32 bits per heavy atom. The quantitative estimate of drug-likeness (QED) is 0.837. The predicted molar refractivity (Wildman–Crippen MR) is 75.6 cm³/mol. The average molecular weight is 316 g/mol. The highest BCUT2D eigenvalue weighted by Crippen LogP contribution is 2.36.